The van der Waals surface area contributed by atoms with Crippen LogP contribution in [-0.4, -0.2) is 36.7 Å². The van der Waals surface area contributed by atoms with Crippen LogP contribution in [0, 0.1) is 0 Å². The Kier molecular flexibility index (Phi) is 22.9. The molecule has 0 unspecified atom stereocenters. The third-order valence-corrected chi connectivity index (χ3v) is 0. The molecule has 0 aliphatic carbocycles. The van der Waals surface area contributed by atoms with Gasteiger partial charge >= 0.3 is 17.4 Å². The third kappa shape index (κ3) is 284. The quantitative estimate of drug-likeness (QED) is 0.266. The molecule has 8 heavy (non-hydrogen) atoms. The van der Waals surface area contributed by atoms with E-state index in [9.17, 15) is 0 Å². The SMILES string of the molecule is B.O=P([O-])([O-])[O-].[Al+3].[SiH4]. The van der Waals surface area contributed by atoms with Crippen LogP contribution in [0.25, 0.3) is 0 Å². The molecule has 0 spiro atoms. The Morgan fingerprint density at radius 3 is 1.12 bits per heavy atom. The Labute approximate surface area is 64.3 Å². The van der Waals surface area contributed by atoms with Gasteiger partial charge in [-0.15, -0.1) is 0 Å². The predicted molar refractivity (Wildman–Crippen MR) is 34.6 cm³/mol. The van der Waals surface area contributed by atoms with E-state index >= 15 is 0 Å². The minimum atomic E-state index is -5.39. The summed E-state index contributed by atoms with van der Waals surface area (Å²) in [6.45, 7) is 0. The maximum atomic E-state index is 8.55. The van der Waals surface area contributed by atoms with Crippen LogP contribution in [0.15, 0.2) is 0 Å². The summed E-state index contributed by atoms with van der Waals surface area (Å²) in [5, 5.41) is 0. The molecule has 0 N–H and O–H groups in total. The minimum absolute atomic E-state index is 0. The van der Waals surface area contributed by atoms with Gasteiger partial charge in [0.1, 0.15) is 0 Å². The molecule has 0 aromatic heterocycles. The van der Waals surface area contributed by atoms with Gasteiger partial charge in [0, 0.05) is 0 Å². The average molecular weight is 168 g/mol. The molecule has 8 heteroatoms. The Hall–Kier alpha value is 0.924. The van der Waals surface area contributed by atoms with E-state index in [1.54, 1.807) is 0 Å². The number of hydrogen-bond donors (Lipinski definition) is 0. The Morgan fingerprint density at radius 1 is 1.12 bits per heavy atom. The molecular formula is H7AlBO4PSi. The molecule has 0 fully saturated rings. The molecule has 0 heterocycles. The minimum Gasteiger partial charge on any atom is -0.822 e. The molecule has 0 aromatic rings. The summed E-state index contributed by atoms with van der Waals surface area (Å²) >= 11 is 0. The molecule has 0 aliphatic rings. The Balaban J connectivity index is -0.0000000267. The molecule has 0 rings (SSSR count). The first kappa shape index (κ1) is 23.1. The predicted octanol–water partition coefficient (Wildman–Crippen LogP) is -5.84. The van der Waals surface area contributed by atoms with Gasteiger partial charge in [0.25, 0.3) is 0 Å². The van der Waals surface area contributed by atoms with Crippen molar-refractivity contribution in [3.8, 4) is 0 Å². The molecule has 0 bridgehead atoms. The van der Waals surface area contributed by atoms with E-state index < -0.39 is 7.82 Å². The summed E-state index contributed by atoms with van der Waals surface area (Å²) in [4.78, 5) is 25.6. The van der Waals surface area contributed by atoms with E-state index in [0.29, 0.717) is 0 Å². The molecule has 0 atom stereocenters. The van der Waals surface area contributed by atoms with Crippen molar-refractivity contribution in [3.05, 3.63) is 0 Å². The zero-order valence-corrected chi connectivity index (χ0v) is 4.71. The van der Waals surface area contributed by atoms with Gasteiger partial charge in [0.05, 0.1) is 8.41 Å². The van der Waals surface area contributed by atoms with Crippen molar-refractivity contribution >= 4 is 44.6 Å². The van der Waals surface area contributed by atoms with E-state index in [1.165, 1.54) is 0 Å². The van der Waals surface area contributed by atoms with Crippen LogP contribution in [-0.2, 0) is 4.57 Å². The van der Waals surface area contributed by atoms with Gasteiger partial charge in [-0.3, -0.25) is 0 Å². The molecule has 46 valence electrons. The molecule has 0 saturated carbocycles. The number of hydrogen-bond acceptors (Lipinski definition) is 4. The van der Waals surface area contributed by atoms with E-state index in [2.05, 4.69) is 0 Å². The first-order valence-electron chi connectivity index (χ1n) is 0.730. The molecule has 0 radical (unpaired) electrons. The zero-order valence-electron chi connectivity index (χ0n) is 2.66. The van der Waals surface area contributed by atoms with Crippen molar-refractivity contribution in [1.29, 1.82) is 0 Å². The van der Waals surface area contributed by atoms with E-state index in [4.69, 9.17) is 19.2 Å². The fourth-order valence-corrected chi connectivity index (χ4v) is 0. The zero-order chi connectivity index (χ0) is 4.50. The van der Waals surface area contributed by atoms with Crippen molar-refractivity contribution in [2.45, 2.75) is 0 Å². The number of phosphoric acid groups is 1. The number of rotatable bonds is 0. The summed E-state index contributed by atoms with van der Waals surface area (Å²) in [5.41, 5.74) is 0. The Morgan fingerprint density at radius 2 is 1.12 bits per heavy atom. The molecular weight excluding hydrogens is 161 g/mol. The van der Waals surface area contributed by atoms with Crippen molar-refractivity contribution in [2.75, 3.05) is 0 Å². The first-order valence-corrected chi connectivity index (χ1v) is 2.19. The first-order chi connectivity index (χ1) is 2.00. The van der Waals surface area contributed by atoms with Gasteiger partial charge in [-0.2, -0.15) is 7.82 Å². The molecule has 0 saturated heterocycles. The van der Waals surface area contributed by atoms with Crippen molar-refractivity contribution in [3.63, 3.8) is 0 Å². The van der Waals surface area contributed by atoms with E-state index in [1.807, 2.05) is 0 Å². The molecule has 0 aromatic carbocycles. The standard InChI is InChI=1S/Al.BH3.H3O4P.H4Si/c;;1-5(2,3)4;/h;1H3;(H3,1,2,3,4);1H4/q+3;;;/p-3. The molecule has 0 amide bonds. The largest absolute Gasteiger partial charge is 3.00 e. The van der Waals surface area contributed by atoms with Crippen molar-refractivity contribution in [2.24, 2.45) is 0 Å². The van der Waals surface area contributed by atoms with Crippen LogP contribution in [0.5, 0.6) is 0 Å². The maximum absolute atomic E-state index is 8.55. The van der Waals surface area contributed by atoms with Crippen LogP contribution in [0.2, 0.25) is 0 Å². The summed E-state index contributed by atoms with van der Waals surface area (Å²) < 4.78 is 8.55. The van der Waals surface area contributed by atoms with Crippen molar-refractivity contribution < 1.29 is 19.2 Å². The Bertz CT molecular complexity index is 62.2. The topological polar surface area (TPSA) is 86.2 Å². The summed E-state index contributed by atoms with van der Waals surface area (Å²) in [7, 11) is -5.39. The van der Waals surface area contributed by atoms with Gasteiger partial charge in [-0.1, -0.05) is 0 Å². The molecule has 4 nitrogen and oxygen atoms in total. The van der Waals surface area contributed by atoms with Crippen LogP contribution in [0.4, 0.5) is 0 Å². The maximum Gasteiger partial charge on any atom is 3.00 e. The fourth-order valence-electron chi connectivity index (χ4n) is 0. The summed E-state index contributed by atoms with van der Waals surface area (Å²) in [6, 6.07) is 0. The second-order valence-electron chi connectivity index (χ2n) is 0.447. The van der Waals surface area contributed by atoms with E-state index in [-0.39, 0.29) is 36.7 Å². The normalized spacial score (nSPS) is 7.38. The van der Waals surface area contributed by atoms with Crippen LogP contribution in [0.1, 0.15) is 0 Å². The van der Waals surface area contributed by atoms with Crippen molar-refractivity contribution in [1.82, 2.24) is 0 Å². The van der Waals surface area contributed by atoms with E-state index in [0.717, 1.165) is 0 Å². The van der Waals surface area contributed by atoms with Gasteiger partial charge in [-0.05, 0) is 11.0 Å². The molecule has 0 aliphatic heterocycles. The second-order valence-corrected chi connectivity index (χ2v) is 1.34. The summed E-state index contributed by atoms with van der Waals surface area (Å²) in [6.07, 6.45) is 0. The smallest absolute Gasteiger partial charge is 0.822 e. The fraction of sp³-hybridized carbons (Fsp3) is 0. The summed E-state index contributed by atoms with van der Waals surface area (Å²) in [5.74, 6) is 0. The van der Waals surface area contributed by atoms with Gasteiger partial charge in [0.15, 0.2) is 0 Å². The van der Waals surface area contributed by atoms with Crippen LogP contribution >= 0.6 is 7.82 Å². The van der Waals surface area contributed by atoms with Crippen LogP contribution in [0.3, 0.4) is 0 Å². The monoisotopic (exact) mass is 168 g/mol. The average Bonchev–Trinajstić information content (AvgIpc) is 0.722. The van der Waals surface area contributed by atoms with Gasteiger partial charge in [-0.25, -0.2) is 0 Å². The van der Waals surface area contributed by atoms with Gasteiger partial charge in [0.2, 0.25) is 0 Å². The van der Waals surface area contributed by atoms with Gasteiger partial charge < -0.3 is 19.2 Å². The van der Waals surface area contributed by atoms with Crippen LogP contribution < -0.4 is 14.7 Å². The third-order valence-electron chi connectivity index (χ3n) is 0. The second kappa shape index (κ2) is 7.92.